The minimum absolute atomic E-state index is 0.909. The fraction of sp³-hybridized carbons (Fsp3) is 0. The predicted octanol–water partition coefficient (Wildman–Crippen LogP) is 13.7. The van der Waals surface area contributed by atoms with Crippen LogP contribution in [-0.4, -0.2) is 0 Å². The van der Waals surface area contributed by atoms with Crippen molar-refractivity contribution in [2.75, 3.05) is 0 Å². The molecule has 1 heterocycles. The molecule has 1 nitrogen and oxygen atoms in total. The molecule has 0 aliphatic heterocycles. The Kier molecular flexibility index (Phi) is 6.25. The molecular weight excluding hydrogens is 593 g/mol. The summed E-state index contributed by atoms with van der Waals surface area (Å²) < 4.78 is 6.73. The van der Waals surface area contributed by atoms with E-state index in [1.807, 2.05) is 0 Å². The molecule has 0 unspecified atom stereocenters. The maximum atomic E-state index is 6.73. The zero-order valence-corrected chi connectivity index (χ0v) is 26.7. The molecule has 0 aliphatic rings. The summed E-state index contributed by atoms with van der Waals surface area (Å²) in [6.07, 6.45) is 0. The van der Waals surface area contributed by atoms with Gasteiger partial charge in [-0.1, -0.05) is 164 Å². The molecule has 1 heteroatoms. The Labute approximate surface area is 284 Å². The van der Waals surface area contributed by atoms with Crippen LogP contribution in [0.2, 0.25) is 0 Å². The zero-order valence-electron chi connectivity index (χ0n) is 26.7. The lowest BCUT2D eigenvalue weighted by Gasteiger charge is -2.18. The van der Waals surface area contributed by atoms with Crippen LogP contribution in [0.4, 0.5) is 0 Å². The molecule has 0 saturated carbocycles. The van der Waals surface area contributed by atoms with E-state index in [0.717, 1.165) is 33.1 Å². The molecule has 0 amide bonds. The number of furan rings is 1. The largest absolute Gasteiger partial charge is 0.455 e. The van der Waals surface area contributed by atoms with Crippen molar-refractivity contribution in [3.8, 4) is 44.5 Å². The first kappa shape index (κ1) is 27.7. The second-order valence-corrected chi connectivity index (χ2v) is 12.8. The Morgan fingerprint density at radius 1 is 0.306 bits per heavy atom. The average molecular weight is 623 g/mol. The third kappa shape index (κ3) is 4.40. The SMILES string of the molecule is c1ccc(-c2ccc(-c3c4ccccc4c(-c4cc(-c5ccccc5)c5oc6ccc7ccccc7c6c5c4)c4ccccc34)cc2)cc1. The maximum Gasteiger partial charge on any atom is 0.143 e. The van der Waals surface area contributed by atoms with Gasteiger partial charge in [-0.05, 0) is 89.5 Å². The van der Waals surface area contributed by atoms with Gasteiger partial charge in [0.05, 0.1) is 0 Å². The summed E-state index contributed by atoms with van der Waals surface area (Å²) in [5, 5.41) is 9.67. The van der Waals surface area contributed by atoms with E-state index in [-0.39, 0.29) is 0 Å². The second-order valence-electron chi connectivity index (χ2n) is 12.8. The third-order valence-corrected chi connectivity index (χ3v) is 10.0. The summed E-state index contributed by atoms with van der Waals surface area (Å²) in [5.74, 6) is 0. The van der Waals surface area contributed by atoms with Gasteiger partial charge in [-0.2, -0.15) is 0 Å². The first-order valence-corrected chi connectivity index (χ1v) is 16.8. The lowest BCUT2D eigenvalue weighted by atomic mass is 9.84. The van der Waals surface area contributed by atoms with E-state index in [2.05, 4.69) is 182 Å². The Morgan fingerprint density at radius 3 is 1.43 bits per heavy atom. The number of hydrogen-bond donors (Lipinski definition) is 0. The van der Waals surface area contributed by atoms with Crippen LogP contribution in [0.15, 0.2) is 186 Å². The van der Waals surface area contributed by atoms with E-state index >= 15 is 0 Å². The van der Waals surface area contributed by atoms with Gasteiger partial charge >= 0.3 is 0 Å². The maximum absolute atomic E-state index is 6.73. The molecule has 1 aromatic heterocycles. The van der Waals surface area contributed by atoms with Crippen LogP contribution < -0.4 is 0 Å². The van der Waals surface area contributed by atoms with Crippen molar-refractivity contribution < 1.29 is 4.42 Å². The van der Waals surface area contributed by atoms with Gasteiger partial charge in [0, 0.05) is 16.3 Å². The van der Waals surface area contributed by atoms with Gasteiger partial charge in [-0.25, -0.2) is 0 Å². The number of benzene rings is 9. The van der Waals surface area contributed by atoms with Crippen molar-refractivity contribution in [1.82, 2.24) is 0 Å². The van der Waals surface area contributed by atoms with Crippen molar-refractivity contribution in [1.29, 1.82) is 0 Å². The van der Waals surface area contributed by atoms with E-state index in [9.17, 15) is 0 Å². The highest BCUT2D eigenvalue weighted by Crippen LogP contribution is 2.47. The van der Waals surface area contributed by atoms with E-state index < -0.39 is 0 Å². The number of fused-ring (bicyclic) bond motifs is 7. The van der Waals surface area contributed by atoms with Gasteiger partial charge in [-0.3, -0.25) is 0 Å². The standard InChI is InChI=1S/C48H30O/c1-3-13-31(14-4-1)32-23-25-35(26-24-32)45-38-19-9-11-21-40(38)46(41-22-12-10-20-39(41)45)36-29-42(33-15-5-2-6-16-33)48-43(30-36)47-37-18-8-7-17-34(37)27-28-44(47)49-48/h1-30H. The van der Waals surface area contributed by atoms with Crippen molar-refractivity contribution in [3.05, 3.63) is 182 Å². The molecule has 0 saturated heterocycles. The van der Waals surface area contributed by atoms with Gasteiger partial charge in [-0.15, -0.1) is 0 Å². The van der Waals surface area contributed by atoms with Gasteiger partial charge in [0.25, 0.3) is 0 Å². The molecule has 0 fully saturated rings. The van der Waals surface area contributed by atoms with Crippen LogP contribution in [0.25, 0.3) is 98.8 Å². The molecule has 0 radical (unpaired) electrons. The third-order valence-electron chi connectivity index (χ3n) is 10.0. The highest BCUT2D eigenvalue weighted by molar-refractivity contribution is 6.25. The molecule has 0 spiro atoms. The van der Waals surface area contributed by atoms with Crippen LogP contribution in [0.5, 0.6) is 0 Å². The molecular formula is C48H30O. The molecule has 49 heavy (non-hydrogen) atoms. The summed E-state index contributed by atoms with van der Waals surface area (Å²) >= 11 is 0. The van der Waals surface area contributed by atoms with Crippen LogP contribution in [0.3, 0.4) is 0 Å². The Balaban J connectivity index is 1.29. The van der Waals surface area contributed by atoms with Gasteiger partial charge in [0.1, 0.15) is 11.2 Å². The normalized spacial score (nSPS) is 11.7. The molecule has 228 valence electrons. The van der Waals surface area contributed by atoms with Crippen LogP contribution in [0, 0.1) is 0 Å². The lowest BCUT2D eigenvalue weighted by Crippen LogP contribution is -1.92. The van der Waals surface area contributed by atoms with E-state index in [1.54, 1.807) is 0 Å². The molecule has 9 aromatic carbocycles. The van der Waals surface area contributed by atoms with Crippen LogP contribution in [0.1, 0.15) is 0 Å². The zero-order chi connectivity index (χ0) is 32.3. The molecule has 0 aliphatic carbocycles. The van der Waals surface area contributed by atoms with E-state index in [1.165, 1.54) is 65.7 Å². The fourth-order valence-corrected chi connectivity index (χ4v) is 7.84. The van der Waals surface area contributed by atoms with Crippen LogP contribution in [-0.2, 0) is 0 Å². The molecule has 0 N–H and O–H groups in total. The molecule has 10 aromatic rings. The van der Waals surface area contributed by atoms with Crippen LogP contribution >= 0.6 is 0 Å². The van der Waals surface area contributed by atoms with Crippen molar-refractivity contribution >= 4 is 54.3 Å². The first-order valence-electron chi connectivity index (χ1n) is 16.8. The lowest BCUT2D eigenvalue weighted by molar-refractivity contribution is 0.670. The summed E-state index contributed by atoms with van der Waals surface area (Å²) in [6.45, 7) is 0. The monoisotopic (exact) mass is 622 g/mol. The fourth-order valence-electron chi connectivity index (χ4n) is 7.84. The minimum Gasteiger partial charge on any atom is -0.455 e. The van der Waals surface area contributed by atoms with E-state index in [0.29, 0.717) is 0 Å². The van der Waals surface area contributed by atoms with Crippen molar-refractivity contribution in [2.45, 2.75) is 0 Å². The average Bonchev–Trinajstić information content (AvgIpc) is 3.56. The molecule has 10 rings (SSSR count). The topological polar surface area (TPSA) is 13.1 Å². The highest BCUT2D eigenvalue weighted by atomic mass is 16.3. The molecule has 0 bridgehead atoms. The highest BCUT2D eigenvalue weighted by Gasteiger charge is 2.21. The smallest absolute Gasteiger partial charge is 0.143 e. The number of hydrogen-bond acceptors (Lipinski definition) is 1. The Hall–Kier alpha value is -6.44. The number of rotatable bonds is 4. The Morgan fingerprint density at radius 2 is 0.796 bits per heavy atom. The van der Waals surface area contributed by atoms with E-state index in [4.69, 9.17) is 4.42 Å². The first-order chi connectivity index (χ1) is 24.3. The predicted molar refractivity (Wildman–Crippen MR) is 208 cm³/mol. The van der Waals surface area contributed by atoms with Gasteiger partial charge < -0.3 is 4.42 Å². The second kappa shape index (κ2) is 11.1. The van der Waals surface area contributed by atoms with Gasteiger partial charge in [0.15, 0.2) is 0 Å². The summed E-state index contributed by atoms with van der Waals surface area (Å²) in [5.41, 5.74) is 11.4. The van der Waals surface area contributed by atoms with Gasteiger partial charge in [0.2, 0.25) is 0 Å². The quantitative estimate of drug-likeness (QED) is 0.178. The Bertz CT molecular complexity index is 2790. The van der Waals surface area contributed by atoms with Crippen molar-refractivity contribution in [3.63, 3.8) is 0 Å². The summed E-state index contributed by atoms with van der Waals surface area (Å²) in [7, 11) is 0. The summed E-state index contributed by atoms with van der Waals surface area (Å²) in [6, 6.07) is 65.7. The molecule has 0 atom stereocenters. The minimum atomic E-state index is 0.909. The van der Waals surface area contributed by atoms with Crippen molar-refractivity contribution in [2.24, 2.45) is 0 Å². The summed E-state index contributed by atoms with van der Waals surface area (Å²) in [4.78, 5) is 0.